The summed E-state index contributed by atoms with van der Waals surface area (Å²) < 4.78 is 16.8. The lowest BCUT2D eigenvalue weighted by Crippen LogP contribution is -2.37. The Bertz CT molecular complexity index is 1620. The molecular weight excluding hydrogens is 533 g/mol. The van der Waals surface area contributed by atoms with Gasteiger partial charge in [0, 0.05) is 31.7 Å². The van der Waals surface area contributed by atoms with Crippen molar-refractivity contribution in [2.75, 3.05) is 6.54 Å². The first-order chi connectivity index (χ1) is 19.4. The van der Waals surface area contributed by atoms with E-state index in [9.17, 15) is 19.1 Å². The van der Waals surface area contributed by atoms with E-state index in [-0.39, 0.29) is 18.7 Å². The molecule has 0 radical (unpaired) electrons. The van der Waals surface area contributed by atoms with Crippen molar-refractivity contribution >= 4 is 34.5 Å². The molecule has 0 fully saturated rings. The van der Waals surface area contributed by atoms with Crippen molar-refractivity contribution in [3.63, 3.8) is 0 Å². The van der Waals surface area contributed by atoms with Crippen LogP contribution in [-0.4, -0.2) is 48.4 Å². The third-order valence-electron chi connectivity index (χ3n) is 8.03. The largest absolute Gasteiger partial charge is 0.481 e. The fourth-order valence-electron chi connectivity index (χ4n) is 5.87. The summed E-state index contributed by atoms with van der Waals surface area (Å²) in [5.74, 6) is -2.52. The molecular formula is C30H29ClFN5O3. The van der Waals surface area contributed by atoms with Crippen molar-refractivity contribution in [2.24, 2.45) is 0 Å². The van der Waals surface area contributed by atoms with Crippen LogP contribution in [-0.2, 0) is 30.7 Å². The monoisotopic (exact) mass is 561 g/mol. The van der Waals surface area contributed by atoms with E-state index in [0.29, 0.717) is 42.0 Å². The molecule has 206 valence electrons. The minimum atomic E-state index is -0.953. The second-order valence-electron chi connectivity index (χ2n) is 10.6. The van der Waals surface area contributed by atoms with Gasteiger partial charge in [-0.25, -0.2) is 14.1 Å². The second kappa shape index (κ2) is 11.0. The lowest BCUT2D eigenvalue weighted by atomic mass is 9.85. The molecule has 0 saturated carbocycles. The van der Waals surface area contributed by atoms with Crippen LogP contribution in [0.3, 0.4) is 0 Å². The van der Waals surface area contributed by atoms with Gasteiger partial charge < -0.3 is 10.0 Å². The number of carbonyl (C=O) groups excluding carboxylic acids is 1. The molecule has 4 aromatic rings. The fourth-order valence-corrected chi connectivity index (χ4v) is 6.20. The number of carboxylic acids is 1. The lowest BCUT2D eigenvalue weighted by Gasteiger charge is -2.30. The summed E-state index contributed by atoms with van der Waals surface area (Å²) in [7, 11) is 0. The number of aryl methyl sites for hydroxylation is 2. The standard InChI is InChI=1S/C30H29ClFN5O3/c31-27-22-8-9-25-29(27)34-35-37(25)11-4-2-1-3-5-18-13-24(32)28(33-16-18)30(40)36-12-10-19-6-7-20(14-21(19)17-36)23(22)15-26(38)39/h6-9,13-14,16,23H,1-5,10-12,15,17H2,(H,38,39). The molecule has 10 heteroatoms. The van der Waals surface area contributed by atoms with Crippen molar-refractivity contribution in [1.82, 2.24) is 24.9 Å². The van der Waals surface area contributed by atoms with E-state index in [4.69, 9.17) is 11.6 Å². The predicted molar refractivity (Wildman–Crippen MR) is 148 cm³/mol. The molecule has 1 amide bonds. The first-order valence-corrected chi connectivity index (χ1v) is 14.1. The van der Waals surface area contributed by atoms with Crippen LogP contribution >= 0.6 is 11.6 Å². The molecule has 5 aliphatic rings. The van der Waals surface area contributed by atoms with Gasteiger partial charge in [0.1, 0.15) is 5.52 Å². The average molecular weight is 562 g/mol. The number of hydrogen-bond donors (Lipinski definition) is 1. The molecule has 5 aliphatic heterocycles. The van der Waals surface area contributed by atoms with Gasteiger partial charge in [0.05, 0.1) is 17.0 Å². The molecule has 9 bridgehead atoms. The smallest absolute Gasteiger partial charge is 0.304 e. The van der Waals surface area contributed by atoms with E-state index in [1.165, 1.54) is 6.07 Å². The van der Waals surface area contributed by atoms with E-state index in [1.807, 2.05) is 35.0 Å². The summed E-state index contributed by atoms with van der Waals surface area (Å²) in [5, 5.41) is 18.9. The van der Waals surface area contributed by atoms with Gasteiger partial charge in [-0.3, -0.25) is 9.59 Å². The van der Waals surface area contributed by atoms with Crippen LogP contribution in [0.25, 0.3) is 11.0 Å². The van der Waals surface area contributed by atoms with Crippen molar-refractivity contribution in [3.8, 4) is 0 Å². The topological polar surface area (TPSA) is 101 Å². The molecule has 0 aliphatic carbocycles. The normalized spacial score (nSPS) is 17.9. The van der Waals surface area contributed by atoms with E-state index < -0.39 is 23.6 Å². The number of aromatic nitrogens is 4. The van der Waals surface area contributed by atoms with Crippen LogP contribution in [0.15, 0.2) is 42.6 Å². The minimum Gasteiger partial charge on any atom is -0.481 e. The van der Waals surface area contributed by atoms with Gasteiger partial charge in [-0.2, -0.15) is 0 Å². The number of benzene rings is 2. The Morgan fingerprint density at radius 2 is 1.90 bits per heavy atom. The van der Waals surface area contributed by atoms with E-state index in [1.54, 1.807) is 11.1 Å². The quantitative estimate of drug-likeness (QED) is 0.345. The van der Waals surface area contributed by atoms with Gasteiger partial charge in [0.2, 0.25) is 0 Å². The van der Waals surface area contributed by atoms with Crippen molar-refractivity contribution in [3.05, 3.63) is 86.9 Å². The van der Waals surface area contributed by atoms with Gasteiger partial charge in [-0.1, -0.05) is 53.9 Å². The van der Waals surface area contributed by atoms with Gasteiger partial charge in [-0.05, 0) is 65.6 Å². The highest BCUT2D eigenvalue weighted by Gasteiger charge is 2.28. The van der Waals surface area contributed by atoms with Gasteiger partial charge in [0.25, 0.3) is 5.91 Å². The number of pyridine rings is 1. The van der Waals surface area contributed by atoms with Crippen molar-refractivity contribution < 1.29 is 19.1 Å². The van der Waals surface area contributed by atoms with Gasteiger partial charge in [-0.15, -0.1) is 5.10 Å². The molecule has 9 rings (SSSR count). The first-order valence-electron chi connectivity index (χ1n) is 13.7. The van der Waals surface area contributed by atoms with Gasteiger partial charge in [0.15, 0.2) is 11.5 Å². The van der Waals surface area contributed by atoms with E-state index in [2.05, 4.69) is 15.3 Å². The maximum Gasteiger partial charge on any atom is 0.304 e. The highest BCUT2D eigenvalue weighted by atomic mass is 35.5. The number of rotatable bonds is 2. The second-order valence-corrected chi connectivity index (χ2v) is 11.0. The Labute approximate surface area is 235 Å². The number of nitrogens with zero attached hydrogens (tertiary/aromatic N) is 5. The minimum absolute atomic E-state index is 0.164. The third kappa shape index (κ3) is 5.06. The summed E-state index contributed by atoms with van der Waals surface area (Å²) in [6.07, 6.45) is 6.46. The summed E-state index contributed by atoms with van der Waals surface area (Å²) in [5.41, 5.74) is 5.40. The molecule has 0 saturated heterocycles. The fraction of sp³-hybridized carbons (Fsp3) is 0.367. The molecule has 7 heterocycles. The highest BCUT2D eigenvalue weighted by Crippen LogP contribution is 2.38. The van der Waals surface area contributed by atoms with E-state index >= 15 is 0 Å². The number of carbonyl (C=O) groups is 2. The average Bonchev–Trinajstić information content (AvgIpc) is 3.36. The Hall–Kier alpha value is -3.85. The van der Waals surface area contributed by atoms with Crippen LogP contribution in [0, 0.1) is 5.82 Å². The Morgan fingerprint density at radius 1 is 1.05 bits per heavy atom. The molecule has 2 aromatic heterocycles. The number of halogens is 2. The zero-order valence-corrected chi connectivity index (χ0v) is 22.7. The van der Waals surface area contributed by atoms with Crippen LogP contribution in [0.1, 0.15) is 76.3 Å². The Balaban J connectivity index is 1.42. The van der Waals surface area contributed by atoms with Crippen molar-refractivity contribution in [1.29, 1.82) is 0 Å². The number of carboxylic acid groups (broad SMARTS) is 1. The summed E-state index contributed by atoms with van der Waals surface area (Å²) in [6, 6.07) is 11.1. The molecule has 1 N–H and O–H groups in total. The molecule has 1 unspecified atom stereocenters. The summed E-state index contributed by atoms with van der Waals surface area (Å²) in [6.45, 7) is 1.41. The molecule has 1 atom stereocenters. The van der Waals surface area contributed by atoms with Crippen LogP contribution in [0.5, 0.6) is 0 Å². The maximum atomic E-state index is 15.0. The number of aliphatic carboxylic acids is 1. The predicted octanol–water partition coefficient (Wildman–Crippen LogP) is 5.54. The highest BCUT2D eigenvalue weighted by molar-refractivity contribution is 6.35. The Kier molecular flexibility index (Phi) is 7.23. The maximum absolute atomic E-state index is 15.0. The third-order valence-corrected chi connectivity index (χ3v) is 8.42. The molecule has 0 spiro atoms. The number of hydrogen-bond acceptors (Lipinski definition) is 5. The Morgan fingerprint density at radius 3 is 2.73 bits per heavy atom. The number of amides is 1. The van der Waals surface area contributed by atoms with Crippen molar-refractivity contribution in [2.45, 2.75) is 64.0 Å². The van der Waals surface area contributed by atoms with Crippen LogP contribution in [0.4, 0.5) is 4.39 Å². The molecule has 8 nitrogen and oxygen atoms in total. The first kappa shape index (κ1) is 26.4. The van der Waals surface area contributed by atoms with Crippen LogP contribution < -0.4 is 0 Å². The summed E-state index contributed by atoms with van der Waals surface area (Å²) >= 11 is 6.86. The SMILES string of the molecule is O=C(O)CC1c2ccc3c(c2)CN(CC3)C(=O)c2ncc(cc2F)CCCCCCn2nnc3c(Cl)c1ccc32. The van der Waals surface area contributed by atoms with Crippen LogP contribution in [0.2, 0.25) is 5.02 Å². The summed E-state index contributed by atoms with van der Waals surface area (Å²) in [4.78, 5) is 31.1. The van der Waals surface area contributed by atoms with E-state index in [0.717, 1.165) is 53.5 Å². The molecule has 2 aromatic carbocycles. The zero-order chi connectivity index (χ0) is 27.8. The lowest BCUT2D eigenvalue weighted by molar-refractivity contribution is -0.137. The zero-order valence-electron chi connectivity index (χ0n) is 21.9. The molecule has 40 heavy (non-hydrogen) atoms. The van der Waals surface area contributed by atoms with Gasteiger partial charge >= 0.3 is 5.97 Å².